The highest BCUT2D eigenvalue weighted by atomic mass is 35.5. The summed E-state index contributed by atoms with van der Waals surface area (Å²) in [6.45, 7) is 0. The standard InChI is InChI=1S/C25H22ClN3O7/c1-34-21-7-5-4-6-15(21)12-19(25(31)27-17-9-10-18(26)20(14-17)29(32)33)28-24(30)16-8-11-22(35-2)23(13-16)36-3/h4-14H,1-3H3,(H,27,31)(H,28,30). The Morgan fingerprint density at radius 1 is 0.917 bits per heavy atom. The summed E-state index contributed by atoms with van der Waals surface area (Å²) >= 11 is 5.86. The zero-order chi connectivity index (χ0) is 26.2. The number of para-hydroxylation sites is 1. The molecule has 0 spiro atoms. The van der Waals surface area contributed by atoms with Gasteiger partial charge in [-0.05, 0) is 42.5 Å². The van der Waals surface area contributed by atoms with Gasteiger partial charge in [-0.15, -0.1) is 0 Å². The maximum absolute atomic E-state index is 13.2. The number of ether oxygens (including phenoxy) is 3. The first-order valence-electron chi connectivity index (χ1n) is 10.4. The van der Waals surface area contributed by atoms with Gasteiger partial charge in [0.2, 0.25) is 0 Å². The van der Waals surface area contributed by atoms with Gasteiger partial charge < -0.3 is 24.8 Å². The van der Waals surface area contributed by atoms with Crippen LogP contribution >= 0.6 is 11.6 Å². The number of nitrogens with one attached hydrogen (secondary N) is 2. The minimum atomic E-state index is -0.730. The second kappa shape index (κ2) is 11.7. The molecule has 0 saturated carbocycles. The highest BCUT2D eigenvalue weighted by Gasteiger charge is 2.19. The zero-order valence-corrected chi connectivity index (χ0v) is 20.3. The first-order chi connectivity index (χ1) is 17.3. The molecule has 2 N–H and O–H groups in total. The van der Waals surface area contributed by atoms with Gasteiger partial charge in [0.05, 0.1) is 26.3 Å². The molecule has 0 aromatic heterocycles. The van der Waals surface area contributed by atoms with Crippen LogP contribution in [0.25, 0.3) is 6.08 Å². The molecule has 0 aliphatic carbocycles. The summed E-state index contributed by atoms with van der Waals surface area (Å²) in [6.07, 6.45) is 1.43. The van der Waals surface area contributed by atoms with Gasteiger partial charge in [0.1, 0.15) is 16.5 Å². The highest BCUT2D eigenvalue weighted by molar-refractivity contribution is 6.32. The summed E-state index contributed by atoms with van der Waals surface area (Å²) in [7, 11) is 4.38. The molecule has 10 nitrogen and oxygen atoms in total. The molecule has 36 heavy (non-hydrogen) atoms. The monoisotopic (exact) mass is 511 g/mol. The number of amides is 2. The number of rotatable bonds is 9. The Kier molecular flexibility index (Phi) is 8.48. The smallest absolute Gasteiger partial charge is 0.289 e. The van der Waals surface area contributed by atoms with Gasteiger partial charge in [-0.25, -0.2) is 0 Å². The number of nitro benzene ring substituents is 1. The van der Waals surface area contributed by atoms with Crippen molar-refractivity contribution in [3.05, 3.63) is 92.6 Å². The molecule has 0 radical (unpaired) electrons. The van der Waals surface area contributed by atoms with Crippen LogP contribution in [0.5, 0.6) is 17.2 Å². The third-order valence-corrected chi connectivity index (χ3v) is 5.30. The Balaban J connectivity index is 1.98. The lowest BCUT2D eigenvalue weighted by Gasteiger charge is -2.14. The number of hydrogen-bond donors (Lipinski definition) is 2. The van der Waals surface area contributed by atoms with Crippen LogP contribution < -0.4 is 24.8 Å². The maximum Gasteiger partial charge on any atom is 0.289 e. The average Bonchev–Trinajstić information content (AvgIpc) is 2.88. The van der Waals surface area contributed by atoms with E-state index in [1.807, 2.05) is 0 Å². The molecular weight excluding hydrogens is 490 g/mol. The Morgan fingerprint density at radius 3 is 2.28 bits per heavy atom. The van der Waals surface area contributed by atoms with Crippen molar-refractivity contribution in [3.8, 4) is 17.2 Å². The molecule has 3 aromatic rings. The lowest BCUT2D eigenvalue weighted by molar-refractivity contribution is -0.384. The molecule has 186 valence electrons. The third kappa shape index (κ3) is 6.10. The van der Waals surface area contributed by atoms with Crippen LogP contribution in [-0.2, 0) is 4.79 Å². The molecule has 11 heteroatoms. The Morgan fingerprint density at radius 2 is 1.61 bits per heavy atom. The van der Waals surface area contributed by atoms with Gasteiger partial charge in [-0.3, -0.25) is 19.7 Å². The molecule has 0 unspecified atom stereocenters. The van der Waals surface area contributed by atoms with Gasteiger partial charge in [0, 0.05) is 22.9 Å². The summed E-state index contributed by atoms with van der Waals surface area (Å²) < 4.78 is 15.8. The summed E-state index contributed by atoms with van der Waals surface area (Å²) in [4.78, 5) is 36.8. The Bertz CT molecular complexity index is 1340. The fourth-order valence-electron chi connectivity index (χ4n) is 3.20. The molecule has 0 heterocycles. The number of carbonyl (C=O) groups excluding carboxylic acids is 2. The van der Waals surface area contributed by atoms with E-state index in [1.54, 1.807) is 30.3 Å². The number of benzene rings is 3. The minimum Gasteiger partial charge on any atom is -0.496 e. The van der Waals surface area contributed by atoms with Crippen LogP contribution in [0, 0.1) is 10.1 Å². The first kappa shape index (κ1) is 26.0. The second-order valence-corrected chi connectivity index (χ2v) is 7.61. The van der Waals surface area contributed by atoms with Crippen LogP contribution in [0.15, 0.2) is 66.4 Å². The number of methoxy groups -OCH3 is 3. The molecule has 0 fully saturated rings. The van der Waals surface area contributed by atoms with Crippen molar-refractivity contribution in [3.63, 3.8) is 0 Å². The van der Waals surface area contributed by atoms with E-state index in [4.69, 9.17) is 25.8 Å². The van der Waals surface area contributed by atoms with E-state index in [0.717, 1.165) is 6.07 Å². The minimum absolute atomic E-state index is 0.0791. The number of anilines is 1. The van der Waals surface area contributed by atoms with Gasteiger partial charge >= 0.3 is 0 Å². The van der Waals surface area contributed by atoms with E-state index in [-0.39, 0.29) is 27.7 Å². The predicted octanol–water partition coefficient (Wildman–Crippen LogP) is 4.68. The predicted molar refractivity (Wildman–Crippen MR) is 135 cm³/mol. The quantitative estimate of drug-likeness (QED) is 0.242. The summed E-state index contributed by atoms with van der Waals surface area (Å²) in [5, 5.41) is 16.3. The van der Waals surface area contributed by atoms with E-state index in [0.29, 0.717) is 22.8 Å². The molecule has 2 amide bonds. The lowest BCUT2D eigenvalue weighted by atomic mass is 10.1. The molecule has 0 atom stereocenters. The van der Waals surface area contributed by atoms with Gasteiger partial charge in [0.15, 0.2) is 11.5 Å². The van der Waals surface area contributed by atoms with Gasteiger partial charge in [-0.2, -0.15) is 0 Å². The average molecular weight is 512 g/mol. The SMILES string of the molecule is COc1ccccc1C=C(NC(=O)c1ccc(OC)c(OC)c1)C(=O)Nc1ccc(Cl)c([N+](=O)[O-])c1. The maximum atomic E-state index is 13.2. The number of halogens is 1. The van der Waals surface area contributed by atoms with Gasteiger partial charge in [0.25, 0.3) is 17.5 Å². The van der Waals surface area contributed by atoms with Crippen molar-refractivity contribution in [2.24, 2.45) is 0 Å². The van der Waals surface area contributed by atoms with E-state index < -0.39 is 16.7 Å². The second-order valence-electron chi connectivity index (χ2n) is 7.20. The van der Waals surface area contributed by atoms with Crippen LogP contribution in [0.1, 0.15) is 15.9 Å². The van der Waals surface area contributed by atoms with E-state index in [1.165, 1.54) is 51.7 Å². The van der Waals surface area contributed by atoms with Crippen LogP contribution in [0.4, 0.5) is 11.4 Å². The Hall–Kier alpha value is -4.57. The fraction of sp³-hybridized carbons (Fsp3) is 0.120. The van der Waals surface area contributed by atoms with Crippen molar-refractivity contribution in [1.82, 2.24) is 5.32 Å². The molecule has 3 aromatic carbocycles. The van der Waals surface area contributed by atoms with Crippen LogP contribution in [-0.4, -0.2) is 38.1 Å². The largest absolute Gasteiger partial charge is 0.496 e. The van der Waals surface area contributed by atoms with E-state index in [9.17, 15) is 19.7 Å². The van der Waals surface area contributed by atoms with Crippen molar-refractivity contribution in [2.45, 2.75) is 0 Å². The molecule has 0 bridgehead atoms. The normalized spacial score (nSPS) is 10.8. The van der Waals surface area contributed by atoms with E-state index in [2.05, 4.69) is 10.6 Å². The molecule has 0 aliphatic rings. The highest BCUT2D eigenvalue weighted by Crippen LogP contribution is 2.29. The van der Waals surface area contributed by atoms with Crippen LogP contribution in [0.3, 0.4) is 0 Å². The molecular formula is C25H22ClN3O7. The number of hydrogen-bond acceptors (Lipinski definition) is 7. The Labute approximate surface area is 211 Å². The molecule has 0 aliphatic heterocycles. The first-order valence-corrected chi connectivity index (χ1v) is 10.8. The topological polar surface area (TPSA) is 129 Å². The fourth-order valence-corrected chi connectivity index (χ4v) is 3.39. The molecule has 0 saturated heterocycles. The number of carbonyl (C=O) groups is 2. The molecule has 3 rings (SSSR count). The third-order valence-electron chi connectivity index (χ3n) is 4.98. The number of nitrogens with zero attached hydrogens (tertiary/aromatic N) is 1. The number of nitro groups is 1. The van der Waals surface area contributed by atoms with Crippen molar-refractivity contribution >= 4 is 40.9 Å². The van der Waals surface area contributed by atoms with Gasteiger partial charge in [-0.1, -0.05) is 29.8 Å². The van der Waals surface area contributed by atoms with E-state index >= 15 is 0 Å². The van der Waals surface area contributed by atoms with Crippen molar-refractivity contribution in [2.75, 3.05) is 26.6 Å². The van der Waals surface area contributed by atoms with Crippen LogP contribution in [0.2, 0.25) is 5.02 Å². The zero-order valence-electron chi connectivity index (χ0n) is 19.5. The van der Waals surface area contributed by atoms with Crippen molar-refractivity contribution < 1.29 is 28.7 Å². The summed E-state index contributed by atoms with van der Waals surface area (Å²) in [6, 6.07) is 15.2. The summed E-state index contributed by atoms with van der Waals surface area (Å²) in [5.74, 6) is -0.106. The van der Waals surface area contributed by atoms with Crippen molar-refractivity contribution in [1.29, 1.82) is 0 Å². The lowest BCUT2D eigenvalue weighted by Crippen LogP contribution is -2.30. The summed E-state index contributed by atoms with van der Waals surface area (Å²) in [5.41, 5.74) is 0.312.